The number of nitrogen functional groups attached to an aromatic ring is 1. The summed E-state index contributed by atoms with van der Waals surface area (Å²) < 4.78 is 38.2. The highest BCUT2D eigenvalue weighted by Gasteiger charge is 2.33. The van der Waals surface area contributed by atoms with Crippen molar-refractivity contribution in [3.05, 3.63) is 11.4 Å². The Kier molecular flexibility index (Phi) is 4.83. The first-order chi connectivity index (χ1) is 9.03. The third-order valence-corrected chi connectivity index (χ3v) is 2.94. The van der Waals surface area contributed by atoms with E-state index in [4.69, 9.17) is 5.73 Å². The summed E-state index contributed by atoms with van der Waals surface area (Å²) in [4.78, 5) is 9.61. The molecular formula is C13H21F3N4. The number of rotatable bonds is 4. The quantitative estimate of drug-likeness (QED) is 0.924. The van der Waals surface area contributed by atoms with Crippen LogP contribution in [0.1, 0.15) is 45.0 Å². The minimum atomic E-state index is -4.30. The highest BCUT2D eigenvalue weighted by atomic mass is 19.4. The van der Waals surface area contributed by atoms with E-state index in [0.717, 1.165) is 0 Å². The zero-order chi connectivity index (χ0) is 15.7. The van der Waals surface area contributed by atoms with Crippen LogP contribution in [0.5, 0.6) is 0 Å². The first-order valence-electron chi connectivity index (χ1n) is 6.50. The molecule has 1 heterocycles. The summed E-state index contributed by atoms with van der Waals surface area (Å²) in [6.45, 7) is 7.71. The minimum absolute atomic E-state index is 0.00320. The van der Waals surface area contributed by atoms with E-state index in [9.17, 15) is 13.2 Å². The van der Waals surface area contributed by atoms with Crippen molar-refractivity contribution in [1.29, 1.82) is 0 Å². The number of aromatic nitrogens is 2. The van der Waals surface area contributed by atoms with Gasteiger partial charge in [0.05, 0.1) is 0 Å². The van der Waals surface area contributed by atoms with Crippen molar-refractivity contribution in [2.45, 2.75) is 52.8 Å². The molecule has 0 radical (unpaired) electrons. The Morgan fingerprint density at radius 2 is 1.70 bits per heavy atom. The van der Waals surface area contributed by atoms with E-state index >= 15 is 0 Å². The molecule has 0 fully saturated rings. The van der Waals surface area contributed by atoms with Crippen molar-refractivity contribution in [2.24, 2.45) is 0 Å². The lowest BCUT2D eigenvalue weighted by Crippen LogP contribution is -2.40. The molecular weight excluding hydrogens is 269 g/mol. The fraction of sp³-hybridized carbons (Fsp3) is 0.692. The molecule has 114 valence electrons. The van der Waals surface area contributed by atoms with Gasteiger partial charge in [-0.25, -0.2) is 9.97 Å². The van der Waals surface area contributed by atoms with Gasteiger partial charge in [0.25, 0.3) is 0 Å². The van der Waals surface area contributed by atoms with E-state index in [1.165, 1.54) is 4.90 Å². The van der Waals surface area contributed by atoms with Crippen molar-refractivity contribution in [1.82, 2.24) is 9.97 Å². The lowest BCUT2D eigenvalue weighted by Gasteiger charge is -2.30. The number of alkyl halides is 3. The Morgan fingerprint density at radius 1 is 1.15 bits per heavy atom. The fourth-order valence-electron chi connectivity index (χ4n) is 1.77. The van der Waals surface area contributed by atoms with Gasteiger partial charge in [0.15, 0.2) is 0 Å². The van der Waals surface area contributed by atoms with Gasteiger partial charge >= 0.3 is 6.18 Å². The van der Waals surface area contributed by atoms with Crippen molar-refractivity contribution in [2.75, 3.05) is 17.2 Å². The van der Waals surface area contributed by atoms with Crippen LogP contribution < -0.4 is 10.6 Å². The average molecular weight is 290 g/mol. The summed E-state index contributed by atoms with van der Waals surface area (Å²) in [5.41, 5.74) is 6.28. The van der Waals surface area contributed by atoms with E-state index in [2.05, 4.69) is 9.97 Å². The van der Waals surface area contributed by atoms with E-state index in [0.29, 0.717) is 11.4 Å². The zero-order valence-electron chi connectivity index (χ0n) is 12.4. The van der Waals surface area contributed by atoms with E-state index in [1.807, 2.05) is 13.8 Å². The molecule has 1 aromatic heterocycles. The SMILES string of the molecule is Cc1c(N)nc(C(C)C)nc1N(CC(F)(F)F)C(C)C. The first kappa shape index (κ1) is 16.5. The van der Waals surface area contributed by atoms with Gasteiger partial charge in [-0.2, -0.15) is 13.2 Å². The smallest absolute Gasteiger partial charge is 0.383 e. The second-order valence-electron chi connectivity index (χ2n) is 5.41. The Labute approximate surface area is 117 Å². The van der Waals surface area contributed by atoms with E-state index in [1.54, 1.807) is 20.8 Å². The number of nitrogens with zero attached hydrogens (tertiary/aromatic N) is 3. The molecule has 1 aromatic rings. The number of nitrogens with two attached hydrogens (primary N) is 1. The van der Waals surface area contributed by atoms with Gasteiger partial charge in [0, 0.05) is 17.5 Å². The molecule has 0 spiro atoms. The molecule has 0 saturated heterocycles. The van der Waals surface area contributed by atoms with Crippen LogP contribution in [0.4, 0.5) is 24.8 Å². The Hall–Kier alpha value is -1.53. The van der Waals surface area contributed by atoms with Crippen LogP contribution in [0.3, 0.4) is 0 Å². The topological polar surface area (TPSA) is 55.0 Å². The van der Waals surface area contributed by atoms with Gasteiger partial charge in [0.1, 0.15) is 24.0 Å². The summed E-state index contributed by atoms with van der Waals surface area (Å²) in [7, 11) is 0. The molecule has 0 amide bonds. The molecule has 1 rings (SSSR count). The summed E-state index contributed by atoms with van der Waals surface area (Å²) in [6, 6.07) is -0.343. The molecule has 4 nitrogen and oxygen atoms in total. The van der Waals surface area contributed by atoms with Gasteiger partial charge < -0.3 is 10.6 Å². The number of anilines is 2. The summed E-state index contributed by atoms with van der Waals surface area (Å²) >= 11 is 0. The van der Waals surface area contributed by atoms with Crippen molar-refractivity contribution < 1.29 is 13.2 Å². The standard InChI is InChI=1S/C13H21F3N4/c1-7(2)11-18-10(17)9(5)12(19-11)20(8(3)4)6-13(14,15)16/h7-8H,6H2,1-5H3,(H2,17,18,19). The Balaban J connectivity index is 3.32. The second kappa shape index (κ2) is 5.85. The summed E-state index contributed by atoms with van der Waals surface area (Å²) in [5, 5.41) is 0. The van der Waals surface area contributed by atoms with Crippen LogP contribution in [-0.4, -0.2) is 28.7 Å². The molecule has 0 aliphatic rings. The van der Waals surface area contributed by atoms with Crippen LogP contribution in [0.2, 0.25) is 0 Å². The van der Waals surface area contributed by atoms with Gasteiger partial charge in [-0.05, 0) is 20.8 Å². The molecule has 7 heteroatoms. The monoisotopic (exact) mass is 290 g/mol. The lowest BCUT2D eigenvalue weighted by molar-refractivity contribution is -0.120. The molecule has 0 unspecified atom stereocenters. The highest BCUT2D eigenvalue weighted by Crippen LogP contribution is 2.28. The normalized spacial score (nSPS) is 12.3. The molecule has 0 aliphatic heterocycles. The number of hydrogen-bond acceptors (Lipinski definition) is 4. The number of halogens is 3. The predicted octanol–water partition coefficient (Wildman–Crippen LogP) is 3.27. The van der Waals surface area contributed by atoms with Gasteiger partial charge in [-0.15, -0.1) is 0 Å². The molecule has 0 aliphatic carbocycles. The van der Waals surface area contributed by atoms with E-state index in [-0.39, 0.29) is 23.6 Å². The summed E-state index contributed by atoms with van der Waals surface area (Å²) in [6.07, 6.45) is -4.30. The fourth-order valence-corrected chi connectivity index (χ4v) is 1.77. The molecule has 0 saturated carbocycles. The average Bonchev–Trinajstić information content (AvgIpc) is 2.28. The molecule has 20 heavy (non-hydrogen) atoms. The van der Waals surface area contributed by atoms with Gasteiger partial charge in [-0.1, -0.05) is 13.8 Å². The van der Waals surface area contributed by atoms with Crippen LogP contribution in [0.25, 0.3) is 0 Å². The van der Waals surface area contributed by atoms with Crippen molar-refractivity contribution >= 4 is 11.6 Å². The van der Waals surface area contributed by atoms with Crippen LogP contribution in [0, 0.1) is 6.92 Å². The van der Waals surface area contributed by atoms with Gasteiger partial charge in [-0.3, -0.25) is 0 Å². The largest absolute Gasteiger partial charge is 0.405 e. The third kappa shape index (κ3) is 3.98. The summed E-state index contributed by atoms with van der Waals surface area (Å²) in [5.74, 6) is 0.938. The maximum atomic E-state index is 12.7. The first-order valence-corrected chi connectivity index (χ1v) is 6.50. The number of hydrogen-bond donors (Lipinski definition) is 1. The minimum Gasteiger partial charge on any atom is -0.383 e. The maximum Gasteiger partial charge on any atom is 0.405 e. The molecule has 0 bridgehead atoms. The van der Waals surface area contributed by atoms with E-state index < -0.39 is 12.7 Å². The Bertz CT molecular complexity index is 469. The Morgan fingerprint density at radius 3 is 2.10 bits per heavy atom. The van der Waals surface area contributed by atoms with Gasteiger partial charge in [0.2, 0.25) is 0 Å². The lowest BCUT2D eigenvalue weighted by atomic mass is 10.2. The van der Waals surface area contributed by atoms with Crippen LogP contribution >= 0.6 is 0 Å². The predicted molar refractivity (Wildman–Crippen MR) is 73.8 cm³/mol. The van der Waals surface area contributed by atoms with Crippen LogP contribution in [-0.2, 0) is 0 Å². The molecule has 2 N–H and O–H groups in total. The van der Waals surface area contributed by atoms with Crippen molar-refractivity contribution in [3.8, 4) is 0 Å². The zero-order valence-corrected chi connectivity index (χ0v) is 12.4. The molecule has 0 aromatic carbocycles. The third-order valence-electron chi connectivity index (χ3n) is 2.94. The van der Waals surface area contributed by atoms with Crippen molar-refractivity contribution in [3.63, 3.8) is 0 Å². The highest BCUT2D eigenvalue weighted by molar-refractivity contribution is 5.57. The second-order valence-corrected chi connectivity index (χ2v) is 5.41. The van der Waals surface area contributed by atoms with Crippen LogP contribution in [0.15, 0.2) is 0 Å². The molecule has 0 atom stereocenters. The maximum absolute atomic E-state index is 12.7.